The molecule has 2 heterocycles. The lowest BCUT2D eigenvalue weighted by molar-refractivity contribution is -0.385. The lowest BCUT2D eigenvalue weighted by Crippen LogP contribution is -2.28. The molecule has 184 valence electrons. The number of furan rings is 1. The van der Waals surface area contributed by atoms with Gasteiger partial charge >= 0.3 is 0 Å². The summed E-state index contributed by atoms with van der Waals surface area (Å²) < 4.78 is 5.52. The second kappa shape index (κ2) is 9.94. The molecule has 0 aliphatic heterocycles. The highest BCUT2D eigenvalue weighted by molar-refractivity contribution is 9.10. The fourth-order valence-electron chi connectivity index (χ4n) is 4.24. The number of nitrogens with zero attached hydrogens (tertiary/aromatic N) is 2. The summed E-state index contributed by atoms with van der Waals surface area (Å²) in [6.07, 6.45) is 5.55. The highest BCUT2D eigenvalue weighted by Gasteiger charge is 2.33. The third-order valence-electron chi connectivity index (χ3n) is 6.31. The van der Waals surface area contributed by atoms with Crippen molar-refractivity contribution in [2.45, 2.75) is 46.6 Å². The second-order valence-corrected chi connectivity index (χ2v) is 11.6. The number of fused-ring (bicyclic) bond motifs is 1. The number of nitro groups is 1. The van der Waals surface area contributed by atoms with Crippen LogP contribution in [0.4, 0.5) is 10.7 Å². The Balaban J connectivity index is 1.71. The van der Waals surface area contributed by atoms with Crippen LogP contribution in [0.15, 0.2) is 44.4 Å². The number of thiophene rings is 1. The van der Waals surface area contributed by atoms with E-state index in [0.717, 1.165) is 29.7 Å². The van der Waals surface area contributed by atoms with Gasteiger partial charge in [0.25, 0.3) is 11.6 Å². The highest BCUT2D eigenvalue weighted by atomic mass is 79.9. The molecule has 0 radical (unpaired) electrons. The number of aromatic hydroxyl groups is 1. The summed E-state index contributed by atoms with van der Waals surface area (Å²) in [6, 6.07) is 6.04. The molecule has 8 nitrogen and oxygen atoms in total. The quantitative estimate of drug-likeness (QED) is 0.201. The van der Waals surface area contributed by atoms with Crippen molar-refractivity contribution in [3.05, 3.63) is 72.4 Å². The van der Waals surface area contributed by atoms with Crippen LogP contribution in [0.3, 0.4) is 0 Å². The average molecular weight is 560 g/mol. The van der Waals surface area contributed by atoms with Gasteiger partial charge in [0.15, 0.2) is 0 Å². The summed E-state index contributed by atoms with van der Waals surface area (Å²) in [6.45, 7) is 6.95. The van der Waals surface area contributed by atoms with Gasteiger partial charge in [-0.15, -0.1) is 11.3 Å². The van der Waals surface area contributed by atoms with Crippen LogP contribution < -0.4 is 5.32 Å². The number of hydrogen-bond donors (Lipinski definition) is 2. The van der Waals surface area contributed by atoms with Crippen molar-refractivity contribution in [1.82, 2.24) is 5.32 Å². The normalized spacial score (nSPS) is 15.8. The molecule has 0 spiro atoms. The molecule has 3 aromatic rings. The number of phenolic OH excluding ortho intramolecular Hbond substituents is 1. The molecule has 1 atom stereocenters. The van der Waals surface area contributed by atoms with Crippen molar-refractivity contribution in [3.8, 4) is 5.75 Å². The lowest BCUT2D eigenvalue weighted by Gasteiger charge is -2.33. The van der Waals surface area contributed by atoms with Gasteiger partial charge in [-0.1, -0.05) is 20.8 Å². The third-order valence-corrected chi connectivity index (χ3v) is 8.08. The van der Waals surface area contributed by atoms with Gasteiger partial charge in [-0.2, -0.15) is 0 Å². The van der Waals surface area contributed by atoms with E-state index in [1.807, 2.05) is 0 Å². The predicted octanol–water partition coefficient (Wildman–Crippen LogP) is 6.55. The molecule has 0 bridgehead atoms. The Morgan fingerprint density at radius 1 is 1.43 bits per heavy atom. The molecule has 1 aromatic carbocycles. The first-order valence-electron chi connectivity index (χ1n) is 11.2. The Labute approximate surface area is 215 Å². The molecule has 2 aromatic heterocycles. The van der Waals surface area contributed by atoms with Gasteiger partial charge in [-0.3, -0.25) is 14.9 Å². The number of halogens is 1. The van der Waals surface area contributed by atoms with Crippen LogP contribution in [-0.2, 0) is 19.4 Å². The average Bonchev–Trinajstić information content (AvgIpc) is 3.44. The maximum atomic E-state index is 13.3. The minimum Gasteiger partial charge on any atom is -0.506 e. The molecule has 35 heavy (non-hydrogen) atoms. The monoisotopic (exact) mass is 559 g/mol. The van der Waals surface area contributed by atoms with Gasteiger partial charge in [0, 0.05) is 28.8 Å². The van der Waals surface area contributed by atoms with E-state index in [-0.39, 0.29) is 39.3 Å². The van der Waals surface area contributed by atoms with Gasteiger partial charge in [0.1, 0.15) is 16.5 Å². The summed E-state index contributed by atoms with van der Waals surface area (Å²) in [5.41, 5.74) is 1.68. The van der Waals surface area contributed by atoms with E-state index in [4.69, 9.17) is 4.42 Å². The molecule has 10 heteroatoms. The van der Waals surface area contributed by atoms with Crippen LogP contribution in [0.5, 0.6) is 5.75 Å². The lowest BCUT2D eigenvalue weighted by atomic mass is 9.72. The van der Waals surface area contributed by atoms with Crippen LogP contribution >= 0.6 is 27.3 Å². The summed E-state index contributed by atoms with van der Waals surface area (Å²) in [4.78, 5) is 29.7. The fourth-order valence-corrected chi connectivity index (χ4v) is 5.97. The standard InChI is InChI=1S/C25H26BrN3O5S/c1-25(2,3)15-6-7-18-20(10-15)35-24(21(18)23(31)27-13-17-5-4-8-34-17)28-12-14-9-16(29(32)33)11-19(26)22(14)30/h4-5,8-9,11-12,15,30H,6-7,10,13H2,1-3H3,(H,27,31)/t15-/m0/s1. The molecule has 1 aliphatic carbocycles. The van der Waals surface area contributed by atoms with Crippen molar-refractivity contribution in [1.29, 1.82) is 0 Å². The number of amides is 1. The summed E-state index contributed by atoms with van der Waals surface area (Å²) in [7, 11) is 0. The highest BCUT2D eigenvalue weighted by Crippen LogP contribution is 2.45. The van der Waals surface area contributed by atoms with Gasteiger partial charge in [0.05, 0.1) is 27.8 Å². The van der Waals surface area contributed by atoms with E-state index in [1.165, 1.54) is 29.7 Å². The maximum Gasteiger partial charge on any atom is 0.271 e. The van der Waals surface area contributed by atoms with Crippen molar-refractivity contribution < 1.29 is 19.2 Å². The Morgan fingerprint density at radius 2 is 2.20 bits per heavy atom. The Morgan fingerprint density at radius 3 is 2.86 bits per heavy atom. The number of rotatable bonds is 6. The van der Waals surface area contributed by atoms with Crippen LogP contribution in [0, 0.1) is 21.4 Å². The minimum atomic E-state index is -0.536. The van der Waals surface area contributed by atoms with Crippen molar-refractivity contribution >= 4 is 50.1 Å². The van der Waals surface area contributed by atoms with Crippen LogP contribution in [0.2, 0.25) is 0 Å². The van der Waals surface area contributed by atoms with Crippen molar-refractivity contribution in [2.75, 3.05) is 0 Å². The molecule has 0 saturated carbocycles. The predicted molar refractivity (Wildman–Crippen MR) is 139 cm³/mol. The van der Waals surface area contributed by atoms with Crippen LogP contribution in [-0.4, -0.2) is 22.2 Å². The largest absolute Gasteiger partial charge is 0.506 e. The molecule has 0 unspecified atom stereocenters. The SMILES string of the molecule is CC(C)(C)[C@H]1CCc2c(sc(N=Cc3cc([N+](=O)[O-])cc(Br)c3O)c2C(=O)NCc2ccco2)C1. The molecular weight excluding hydrogens is 534 g/mol. The maximum absolute atomic E-state index is 13.3. The van der Waals surface area contributed by atoms with Crippen LogP contribution in [0.25, 0.3) is 0 Å². The van der Waals surface area contributed by atoms with Crippen LogP contribution in [0.1, 0.15) is 59.3 Å². The van der Waals surface area contributed by atoms with E-state index in [1.54, 1.807) is 18.4 Å². The Bertz CT molecular complexity index is 1290. The van der Waals surface area contributed by atoms with E-state index in [0.29, 0.717) is 22.2 Å². The number of non-ortho nitro benzene ring substituents is 1. The second-order valence-electron chi connectivity index (χ2n) is 9.63. The van der Waals surface area contributed by atoms with Gasteiger partial charge in [-0.05, 0) is 64.2 Å². The number of benzene rings is 1. The molecule has 4 rings (SSSR count). The van der Waals surface area contributed by atoms with E-state index in [2.05, 4.69) is 47.0 Å². The summed E-state index contributed by atoms with van der Waals surface area (Å²) in [5.74, 6) is 0.731. The number of hydrogen-bond acceptors (Lipinski definition) is 7. The van der Waals surface area contributed by atoms with Gasteiger partial charge in [-0.25, -0.2) is 4.99 Å². The Kier molecular flexibility index (Phi) is 7.14. The van der Waals surface area contributed by atoms with E-state index in [9.17, 15) is 20.0 Å². The molecule has 0 fully saturated rings. The molecule has 1 aliphatic rings. The Hall–Kier alpha value is -2.98. The van der Waals surface area contributed by atoms with Crippen molar-refractivity contribution in [2.24, 2.45) is 16.3 Å². The molecular formula is C25H26BrN3O5S. The topological polar surface area (TPSA) is 118 Å². The minimum absolute atomic E-state index is 0.147. The first kappa shape index (κ1) is 25.1. The third kappa shape index (κ3) is 5.48. The summed E-state index contributed by atoms with van der Waals surface area (Å²) in [5, 5.41) is 25.1. The molecule has 2 N–H and O–H groups in total. The fraction of sp³-hybridized carbons (Fsp3) is 0.360. The van der Waals surface area contributed by atoms with Crippen molar-refractivity contribution in [3.63, 3.8) is 0 Å². The van der Waals surface area contributed by atoms with Gasteiger partial charge in [0.2, 0.25) is 0 Å². The number of carbonyl (C=O) groups excluding carboxylic acids is 1. The number of phenols is 1. The smallest absolute Gasteiger partial charge is 0.271 e. The van der Waals surface area contributed by atoms with Gasteiger partial charge < -0.3 is 14.8 Å². The van der Waals surface area contributed by atoms with E-state index < -0.39 is 4.92 Å². The number of aliphatic imine (C=N–C) groups is 1. The number of nitro benzene ring substituents is 1. The first-order chi connectivity index (χ1) is 16.5. The number of nitrogens with one attached hydrogen (secondary N) is 1. The zero-order valence-electron chi connectivity index (χ0n) is 19.6. The zero-order chi connectivity index (χ0) is 25.3. The van der Waals surface area contributed by atoms with E-state index >= 15 is 0 Å². The summed E-state index contributed by atoms with van der Waals surface area (Å²) >= 11 is 4.62. The first-order valence-corrected chi connectivity index (χ1v) is 12.8. The molecule has 0 saturated heterocycles. The zero-order valence-corrected chi connectivity index (χ0v) is 22.0. The number of carbonyl (C=O) groups is 1. The molecule has 1 amide bonds.